The molecule has 0 saturated carbocycles. The SMILES string of the molecule is CCN(C(=O)CN1C(=O)NC(C)(c2ccccc2)C1=O)c1cc(C)ccc1C. The highest BCUT2D eigenvalue weighted by molar-refractivity contribution is 6.10. The van der Waals surface area contributed by atoms with E-state index in [-0.39, 0.29) is 12.5 Å². The van der Waals surface area contributed by atoms with Gasteiger partial charge >= 0.3 is 6.03 Å². The van der Waals surface area contributed by atoms with Gasteiger partial charge < -0.3 is 10.2 Å². The second-order valence-electron chi connectivity index (χ2n) is 7.24. The van der Waals surface area contributed by atoms with Gasteiger partial charge in [0.2, 0.25) is 5.91 Å². The molecule has 6 heteroatoms. The third kappa shape index (κ3) is 3.38. The molecule has 1 unspecified atom stereocenters. The van der Waals surface area contributed by atoms with Crippen LogP contribution in [0.25, 0.3) is 0 Å². The molecule has 0 aromatic heterocycles. The molecule has 0 spiro atoms. The van der Waals surface area contributed by atoms with Crippen LogP contribution in [0.15, 0.2) is 48.5 Å². The molecule has 1 atom stereocenters. The maximum atomic E-state index is 13.0. The van der Waals surface area contributed by atoms with Gasteiger partial charge in [0.1, 0.15) is 12.1 Å². The number of imide groups is 1. The lowest BCUT2D eigenvalue weighted by Crippen LogP contribution is -2.44. The molecule has 6 nitrogen and oxygen atoms in total. The molecule has 1 heterocycles. The maximum Gasteiger partial charge on any atom is 0.325 e. The fourth-order valence-corrected chi connectivity index (χ4v) is 3.52. The molecule has 1 saturated heterocycles. The number of hydrogen-bond acceptors (Lipinski definition) is 3. The van der Waals surface area contributed by atoms with Crippen molar-refractivity contribution in [3.63, 3.8) is 0 Å². The van der Waals surface area contributed by atoms with Gasteiger partial charge in [-0.15, -0.1) is 0 Å². The lowest BCUT2D eigenvalue weighted by Gasteiger charge is -2.26. The predicted octanol–water partition coefficient (Wildman–Crippen LogP) is 3.12. The van der Waals surface area contributed by atoms with E-state index in [2.05, 4.69) is 5.32 Å². The summed E-state index contributed by atoms with van der Waals surface area (Å²) in [6.45, 7) is 7.58. The normalized spacial score (nSPS) is 18.9. The van der Waals surface area contributed by atoms with Crippen LogP contribution in [0.4, 0.5) is 10.5 Å². The Bertz CT molecular complexity index is 926. The first-order chi connectivity index (χ1) is 13.3. The summed E-state index contributed by atoms with van der Waals surface area (Å²) in [6.07, 6.45) is 0. The number of nitrogens with zero attached hydrogens (tertiary/aromatic N) is 2. The van der Waals surface area contributed by atoms with Gasteiger partial charge in [0.15, 0.2) is 0 Å². The molecule has 3 rings (SSSR count). The number of carbonyl (C=O) groups is 3. The van der Waals surface area contributed by atoms with Crippen molar-refractivity contribution in [1.82, 2.24) is 10.2 Å². The summed E-state index contributed by atoms with van der Waals surface area (Å²) in [4.78, 5) is 41.1. The van der Waals surface area contributed by atoms with Crippen molar-refractivity contribution in [3.8, 4) is 0 Å². The summed E-state index contributed by atoms with van der Waals surface area (Å²) in [5.41, 5.74) is 2.32. The number of urea groups is 1. The van der Waals surface area contributed by atoms with Crippen LogP contribution >= 0.6 is 0 Å². The predicted molar refractivity (Wildman–Crippen MR) is 108 cm³/mol. The molecular formula is C22H25N3O3. The zero-order valence-corrected chi connectivity index (χ0v) is 16.7. The second kappa shape index (κ2) is 7.46. The standard InChI is InChI=1S/C22H25N3O3/c1-5-24(18-13-15(2)11-12-16(18)3)19(26)14-25-20(27)22(4,23-21(25)28)17-9-7-6-8-10-17/h6-13H,5,14H2,1-4H3,(H,23,28). The van der Waals surface area contributed by atoms with Gasteiger partial charge in [-0.05, 0) is 50.5 Å². The Kier molecular flexibility index (Phi) is 5.23. The molecule has 2 aromatic rings. The van der Waals surface area contributed by atoms with E-state index in [0.717, 1.165) is 21.7 Å². The van der Waals surface area contributed by atoms with E-state index in [1.54, 1.807) is 24.0 Å². The van der Waals surface area contributed by atoms with E-state index in [1.165, 1.54) is 0 Å². The second-order valence-corrected chi connectivity index (χ2v) is 7.24. The fourth-order valence-electron chi connectivity index (χ4n) is 3.52. The summed E-state index contributed by atoms with van der Waals surface area (Å²) < 4.78 is 0. The monoisotopic (exact) mass is 379 g/mol. The Labute approximate surface area is 165 Å². The van der Waals surface area contributed by atoms with E-state index in [0.29, 0.717) is 12.1 Å². The lowest BCUT2D eigenvalue weighted by atomic mass is 9.92. The molecule has 0 bridgehead atoms. The van der Waals surface area contributed by atoms with Crippen molar-refractivity contribution in [2.45, 2.75) is 33.2 Å². The van der Waals surface area contributed by atoms with E-state index in [1.807, 2.05) is 57.2 Å². The topological polar surface area (TPSA) is 69.7 Å². The number of likely N-dealkylation sites (N-methyl/N-ethyl adjacent to an activating group) is 1. The summed E-state index contributed by atoms with van der Waals surface area (Å²) in [5.74, 6) is -0.717. The van der Waals surface area contributed by atoms with Gasteiger partial charge in [-0.1, -0.05) is 42.5 Å². The Balaban J connectivity index is 1.84. The van der Waals surface area contributed by atoms with Crippen LogP contribution in [-0.2, 0) is 15.1 Å². The lowest BCUT2D eigenvalue weighted by molar-refractivity contribution is -0.134. The minimum absolute atomic E-state index is 0.294. The quantitative estimate of drug-likeness (QED) is 0.812. The highest BCUT2D eigenvalue weighted by Crippen LogP contribution is 2.29. The Morgan fingerprint density at radius 3 is 2.43 bits per heavy atom. The average molecular weight is 379 g/mol. The largest absolute Gasteiger partial charge is 0.325 e. The van der Waals surface area contributed by atoms with E-state index >= 15 is 0 Å². The molecule has 0 aliphatic carbocycles. The summed E-state index contributed by atoms with van der Waals surface area (Å²) >= 11 is 0. The van der Waals surface area contributed by atoms with Crippen molar-refractivity contribution >= 4 is 23.5 Å². The number of aryl methyl sites for hydroxylation is 2. The van der Waals surface area contributed by atoms with Crippen LogP contribution in [0.3, 0.4) is 0 Å². The molecule has 146 valence electrons. The van der Waals surface area contributed by atoms with Gasteiger partial charge in [-0.25, -0.2) is 4.79 Å². The molecule has 4 amide bonds. The van der Waals surface area contributed by atoms with Crippen molar-refractivity contribution in [1.29, 1.82) is 0 Å². The first-order valence-corrected chi connectivity index (χ1v) is 9.35. The molecule has 1 fully saturated rings. The van der Waals surface area contributed by atoms with Gasteiger partial charge in [0.25, 0.3) is 5.91 Å². The van der Waals surface area contributed by atoms with Gasteiger partial charge in [0, 0.05) is 12.2 Å². The van der Waals surface area contributed by atoms with Crippen LogP contribution in [0, 0.1) is 13.8 Å². The Morgan fingerprint density at radius 2 is 1.79 bits per heavy atom. The van der Waals surface area contributed by atoms with Gasteiger partial charge in [-0.2, -0.15) is 0 Å². The van der Waals surface area contributed by atoms with Crippen molar-refractivity contribution < 1.29 is 14.4 Å². The summed E-state index contributed by atoms with van der Waals surface area (Å²) in [6, 6.07) is 14.4. The molecule has 1 aliphatic rings. The van der Waals surface area contributed by atoms with Gasteiger partial charge in [0.05, 0.1) is 0 Å². The van der Waals surface area contributed by atoms with Crippen LogP contribution in [0.5, 0.6) is 0 Å². The van der Waals surface area contributed by atoms with Crippen molar-refractivity contribution in [3.05, 3.63) is 65.2 Å². The molecule has 1 aliphatic heterocycles. The number of anilines is 1. The minimum Gasteiger partial charge on any atom is -0.319 e. The zero-order chi connectivity index (χ0) is 20.5. The molecular weight excluding hydrogens is 354 g/mol. The van der Waals surface area contributed by atoms with Crippen LogP contribution in [-0.4, -0.2) is 35.8 Å². The van der Waals surface area contributed by atoms with E-state index in [9.17, 15) is 14.4 Å². The Hall–Kier alpha value is -3.15. The number of benzene rings is 2. The smallest absolute Gasteiger partial charge is 0.319 e. The summed E-state index contributed by atoms with van der Waals surface area (Å²) in [7, 11) is 0. The zero-order valence-electron chi connectivity index (χ0n) is 16.7. The number of amides is 4. The first-order valence-electron chi connectivity index (χ1n) is 9.35. The number of rotatable bonds is 5. The van der Waals surface area contributed by atoms with Crippen LogP contribution in [0.1, 0.15) is 30.5 Å². The average Bonchev–Trinajstić information content (AvgIpc) is 2.90. The molecule has 0 radical (unpaired) electrons. The fraction of sp³-hybridized carbons (Fsp3) is 0.318. The van der Waals surface area contributed by atoms with E-state index in [4.69, 9.17) is 0 Å². The maximum absolute atomic E-state index is 13.0. The van der Waals surface area contributed by atoms with Crippen LogP contribution < -0.4 is 10.2 Å². The first kappa shape index (κ1) is 19.6. The number of hydrogen-bond donors (Lipinski definition) is 1. The van der Waals surface area contributed by atoms with Crippen LogP contribution in [0.2, 0.25) is 0 Å². The van der Waals surface area contributed by atoms with Gasteiger partial charge in [-0.3, -0.25) is 14.5 Å². The van der Waals surface area contributed by atoms with E-state index < -0.39 is 17.5 Å². The molecule has 28 heavy (non-hydrogen) atoms. The van der Waals surface area contributed by atoms with Crippen molar-refractivity contribution in [2.24, 2.45) is 0 Å². The number of nitrogens with one attached hydrogen (secondary N) is 1. The number of carbonyl (C=O) groups excluding carboxylic acids is 3. The summed E-state index contributed by atoms with van der Waals surface area (Å²) in [5, 5.41) is 2.74. The molecule has 2 aromatic carbocycles. The third-order valence-electron chi connectivity index (χ3n) is 5.19. The van der Waals surface area contributed by atoms with Crippen molar-refractivity contribution in [2.75, 3.05) is 18.0 Å². The molecule has 1 N–H and O–H groups in total. The Morgan fingerprint density at radius 1 is 1.11 bits per heavy atom. The third-order valence-corrected chi connectivity index (χ3v) is 5.19. The highest BCUT2D eigenvalue weighted by Gasteiger charge is 2.49. The highest BCUT2D eigenvalue weighted by atomic mass is 16.2. The minimum atomic E-state index is -1.17.